The van der Waals surface area contributed by atoms with Gasteiger partial charge in [0.1, 0.15) is 16.5 Å². The van der Waals surface area contributed by atoms with Crippen LogP contribution < -0.4 is 9.44 Å². The molecule has 0 heterocycles. The minimum atomic E-state index is -4.39. The summed E-state index contributed by atoms with van der Waals surface area (Å²) in [5.74, 6) is -2.02. The summed E-state index contributed by atoms with van der Waals surface area (Å²) >= 11 is 0. The zero-order valence-electron chi connectivity index (χ0n) is 14.1. The maximum absolute atomic E-state index is 13.7. The molecule has 3 aromatic carbocycles. The number of benzene rings is 3. The van der Waals surface area contributed by atoms with Crippen LogP contribution >= 0.6 is 0 Å². The second kappa shape index (κ2) is 7.56. The van der Waals surface area contributed by atoms with Gasteiger partial charge in [-0.2, -0.15) is 0 Å². The van der Waals surface area contributed by atoms with Gasteiger partial charge >= 0.3 is 0 Å². The monoisotopic (exact) mass is 424 g/mol. The van der Waals surface area contributed by atoms with Gasteiger partial charge in [-0.3, -0.25) is 9.44 Å². The highest BCUT2D eigenvalue weighted by atomic mass is 32.2. The van der Waals surface area contributed by atoms with Gasteiger partial charge in [-0.25, -0.2) is 25.6 Å². The molecular formula is C18H14F2N2O4S2. The Hall–Kier alpha value is -2.98. The molecule has 0 aromatic heterocycles. The van der Waals surface area contributed by atoms with Gasteiger partial charge in [0.05, 0.1) is 4.90 Å². The number of anilines is 2. The number of halogens is 2. The van der Waals surface area contributed by atoms with Crippen LogP contribution in [0.25, 0.3) is 0 Å². The molecule has 0 amide bonds. The SMILES string of the molecule is O=S(=O)(Nc1ccccc1)c1ccc(NS(=O)(=O)c2cc(F)ccc2F)cc1. The fraction of sp³-hybridized carbons (Fsp3) is 0. The van der Waals surface area contributed by atoms with Crippen molar-refractivity contribution in [3.05, 3.63) is 84.4 Å². The Morgan fingerprint density at radius 2 is 1.21 bits per heavy atom. The fourth-order valence-corrected chi connectivity index (χ4v) is 4.52. The third-order valence-electron chi connectivity index (χ3n) is 3.63. The predicted octanol–water partition coefficient (Wildman–Crippen LogP) is 3.57. The second-order valence-corrected chi connectivity index (χ2v) is 9.01. The lowest BCUT2D eigenvalue weighted by Crippen LogP contribution is -2.15. The summed E-state index contributed by atoms with van der Waals surface area (Å²) in [6.07, 6.45) is 0. The van der Waals surface area contributed by atoms with Crippen molar-refractivity contribution in [1.29, 1.82) is 0 Å². The van der Waals surface area contributed by atoms with Gasteiger partial charge in [-0.15, -0.1) is 0 Å². The van der Waals surface area contributed by atoms with Crippen LogP contribution in [0.4, 0.5) is 20.2 Å². The molecule has 0 bridgehead atoms. The maximum atomic E-state index is 13.7. The lowest BCUT2D eigenvalue weighted by molar-refractivity contribution is 0.555. The molecule has 146 valence electrons. The largest absolute Gasteiger partial charge is 0.280 e. The van der Waals surface area contributed by atoms with Gasteiger partial charge in [0.25, 0.3) is 20.0 Å². The molecule has 0 radical (unpaired) electrons. The van der Waals surface area contributed by atoms with E-state index in [1.807, 2.05) is 0 Å². The highest BCUT2D eigenvalue weighted by Crippen LogP contribution is 2.22. The average Bonchev–Trinajstić information content (AvgIpc) is 2.64. The van der Waals surface area contributed by atoms with E-state index < -0.39 is 36.6 Å². The van der Waals surface area contributed by atoms with E-state index in [0.717, 1.165) is 6.07 Å². The quantitative estimate of drug-likeness (QED) is 0.633. The van der Waals surface area contributed by atoms with Gasteiger partial charge in [0, 0.05) is 11.4 Å². The van der Waals surface area contributed by atoms with E-state index in [-0.39, 0.29) is 10.6 Å². The van der Waals surface area contributed by atoms with Gasteiger partial charge in [-0.05, 0) is 54.6 Å². The average molecular weight is 424 g/mol. The summed E-state index contributed by atoms with van der Waals surface area (Å²) in [4.78, 5) is -0.953. The summed E-state index contributed by atoms with van der Waals surface area (Å²) in [6, 6.07) is 15.1. The number of hydrogen-bond acceptors (Lipinski definition) is 4. The number of nitrogens with one attached hydrogen (secondary N) is 2. The van der Waals surface area contributed by atoms with Crippen LogP contribution in [0.5, 0.6) is 0 Å². The van der Waals surface area contributed by atoms with E-state index in [1.54, 1.807) is 30.3 Å². The van der Waals surface area contributed by atoms with Crippen molar-refractivity contribution in [2.45, 2.75) is 9.79 Å². The Labute approximate surface area is 160 Å². The summed E-state index contributed by atoms with van der Waals surface area (Å²) in [6.45, 7) is 0. The molecule has 6 nitrogen and oxygen atoms in total. The van der Waals surface area contributed by atoms with E-state index >= 15 is 0 Å². The third-order valence-corrected chi connectivity index (χ3v) is 6.42. The Bertz CT molecular complexity index is 1200. The molecule has 0 fully saturated rings. The molecular weight excluding hydrogens is 410 g/mol. The van der Waals surface area contributed by atoms with E-state index in [9.17, 15) is 25.6 Å². The van der Waals surface area contributed by atoms with Crippen LogP contribution in [0, 0.1) is 11.6 Å². The molecule has 0 unspecified atom stereocenters. The first-order chi connectivity index (χ1) is 13.2. The zero-order chi connectivity index (χ0) is 20.4. The van der Waals surface area contributed by atoms with Gasteiger partial charge in [0.2, 0.25) is 0 Å². The fourth-order valence-electron chi connectivity index (χ4n) is 2.32. The van der Waals surface area contributed by atoms with Crippen molar-refractivity contribution in [2.24, 2.45) is 0 Å². The Morgan fingerprint density at radius 1 is 0.643 bits per heavy atom. The van der Waals surface area contributed by atoms with Crippen molar-refractivity contribution < 1.29 is 25.6 Å². The molecule has 28 heavy (non-hydrogen) atoms. The predicted molar refractivity (Wildman–Crippen MR) is 101 cm³/mol. The number of sulfonamides is 2. The van der Waals surface area contributed by atoms with E-state index in [2.05, 4.69) is 9.44 Å². The first kappa shape index (κ1) is 19.8. The lowest BCUT2D eigenvalue weighted by atomic mass is 10.3. The van der Waals surface area contributed by atoms with Gasteiger partial charge in [-0.1, -0.05) is 18.2 Å². The molecule has 0 spiro atoms. The van der Waals surface area contributed by atoms with Crippen LogP contribution in [-0.4, -0.2) is 16.8 Å². The normalized spacial score (nSPS) is 11.8. The van der Waals surface area contributed by atoms with Crippen LogP contribution in [0.15, 0.2) is 82.6 Å². The van der Waals surface area contributed by atoms with Crippen molar-refractivity contribution in [2.75, 3.05) is 9.44 Å². The molecule has 0 aliphatic heterocycles. The van der Waals surface area contributed by atoms with E-state index in [4.69, 9.17) is 0 Å². The molecule has 0 aliphatic carbocycles. The number of para-hydroxylation sites is 1. The molecule has 0 saturated heterocycles. The van der Waals surface area contributed by atoms with Crippen LogP contribution in [0.2, 0.25) is 0 Å². The molecule has 3 aromatic rings. The standard InChI is InChI=1S/C18H14F2N2O4S2/c19-13-6-11-17(20)18(12-13)28(25,26)22-15-7-9-16(10-8-15)27(23,24)21-14-4-2-1-3-5-14/h1-12,21-22H. The van der Waals surface area contributed by atoms with Crippen molar-refractivity contribution >= 4 is 31.4 Å². The molecule has 0 saturated carbocycles. The Balaban J connectivity index is 1.82. The zero-order valence-corrected chi connectivity index (χ0v) is 15.8. The summed E-state index contributed by atoms with van der Waals surface area (Å²) < 4.78 is 80.7. The topological polar surface area (TPSA) is 92.3 Å². The smallest absolute Gasteiger partial charge is 0.264 e. The van der Waals surface area contributed by atoms with Gasteiger partial charge < -0.3 is 0 Å². The number of rotatable bonds is 6. The minimum absolute atomic E-state index is 0.0117. The third kappa shape index (κ3) is 4.46. The van der Waals surface area contributed by atoms with E-state index in [0.29, 0.717) is 17.8 Å². The molecule has 2 N–H and O–H groups in total. The van der Waals surface area contributed by atoms with Crippen molar-refractivity contribution in [1.82, 2.24) is 0 Å². The van der Waals surface area contributed by atoms with Crippen molar-refractivity contribution in [3.63, 3.8) is 0 Å². The molecule has 0 aliphatic rings. The lowest BCUT2D eigenvalue weighted by Gasteiger charge is -2.11. The highest BCUT2D eigenvalue weighted by Gasteiger charge is 2.21. The van der Waals surface area contributed by atoms with E-state index in [1.165, 1.54) is 24.3 Å². The van der Waals surface area contributed by atoms with Gasteiger partial charge in [0.15, 0.2) is 0 Å². The Morgan fingerprint density at radius 3 is 1.86 bits per heavy atom. The first-order valence-corrected chi connectivity index (χ1v) is 10.8. The number of hydrogen-bond donors (Lipinski definition) is 2. The second-order valence-electron chi connectivity index (χ2n) is 5.68. The molecule has 10 heteroatoms. The van der Waals surface area contributed by atoms with Crippen molar-refractivity contribution in [3.8, 4) is 0 Å². The van der Waals surface area contributed by atoms with Crippen LogP contribution in [-0.2, 0) is 20.0 Å². The summed E-state index contributed by atoms with van der Waals surface area (Å²) in [5.41, 5.74) is 0.358. The first-order valence-electron chi connectivity index (χ1n) is 7.83. The minimum Gasteiger partial charge on any atom is -0.280 e. The highest BCUT2D eigenvalue weighted by molar-refractivity contribution is 7.93. The van der Waals surface area contributed by atoms with Crippen LogP contribution in [0.1, 0.15) is 0 Å². The maximum Gasteiger partial charge on any atom is 0.264 e. The molecule has 3 rings (SSSR count). The van der Waals surface area contributed by atoms with Crippen LogP contribution in [0.3, 0.4) is 0 Å². The summed E-state index contributed by atoms with van der Waals surface area (Å²) in [7, 11) is -8.27. The molecule has 0 atom stereocenters. The Kier molecular flexibility index (Phi) is 5.34. The summed E-state index contributed by atoms with van der Waals surface area (Å²) in [5, 5.41) is 0.